The third-order valence-corrected chi connectivity index (χ3v) is 21.3. The van der Waals surface area contributed by atoms with Crippen molar-refractivity contribution in [2.24, 2.45) is 0 Å². The van der Waals surface area contributed by atoms with Crippen LogP contribution in [0.3, 0.4) is 0 Å². The van der Waals surface area contributed by atoms with Gasteiger partial charge in [-0.2, -0.15) is 0 Å². The molecule has 0 amide bonds. The molecule has 0 radical (unpaired) electrons. The van der Waals surface area contributed by atoms with E-state index in [1.165, 1.54) is 96.3 Å². The second-order valence-corrected chi connectivity index (χ2v) is 20.5. The Kier molecular flexibility index (Phi) is 10.4. The van der Waals surface area contributed by atoms with Crippen LogP contribution in [0.25, 0.3) is 0 Å². The van der Waals surface area contributed by atoms with Crippen molar-refractivity contribution in [2.75, 3.05) is 0 Å². The van der Waals surface area contributed by atoms with Gasteiger partial charge in [-0.3, -0.25) is 0 Å². The van der Waals surface area contributed by atoms with Crippen LogP contribution in [0.1, 0.15) is 96.3 Å². The molecule has 0 N–H and O–H groups in total. The summed E-state index contributed by atoms with van der Waals surface area (Å²) in [7, 11) is -2.48. The van der Waals surface area contributed by atoms with Crippen molar-refractivity contribution in [3.05, 3.63) is 91.0 Å². The van der Waals surface area contributed by atoms with Crippen LogP contribution in [0.2, 0.25) is 16.6 Å². The van der Waals surface area contributed by atoms with E-state index in [1.54, 1.807) is 0 Å². The van der Waals surface area contributed by atoms with Gasteiger partial charge in [-0.1, -0.05) is 0 Å². The van der Waals surface area contributed by atoms with Gasteiger partial charge in [-0.25, -0.2) is 0 Å². The molecule has 0 unspecified atom stereocenters. The molecule has 4 nitrogen and oxygen atoms in total. The first-order valence-electron chi connectivity index (χ1n) is 16.7. The first-order valence-corrected chi connectivity index (χ1v) is 21.4. The third-order valence-electron chi connectivity index (χ3n) is 9.99. The molecule has 3 saturated carbocycles. The van der Waals surface area contributed by atoms with Crippen LogP contribution in [0.5, 0.6) is 17.2 Å². The summed E-state index contributed by atoms with van der Waals surface area (Å²) in [5.74, 6) is 2.30. The van der Waals surface area contributed by atoms with Crippen molar-refractivity contribution in [3.8, 4) is 17.2 Å². The van der Waals surface area contributed by atoms with Gasteiger partial charge in [0, 0.05) is 0 Å². The van der Waals surface area contributed by atoms with Crippen LogP contribution in [0.4, 0.5) is 0 Å². The molecule has 0 spiro atoms. The molecule has 0 heterocycles. The topological polar surface area (TPSA) is 36.9 Å². The number of benzene rings is 3. The Morgan fingerprint density at radius 3 is 0.976 bits per heavy atom. The molecule has 3 fully saturated rings. The molecule has 224 valence electrons. The van der Waals surface area contributed by atoms with Gasteiger partial charge >= 0.3 is 261 Å². The van der Waals surface area contributed by atoms with E-state index in [0.29, 0.717) is 16.6 Å². The predicted molar refractivity (Wildman–Crippen MR) is 169 cm³/mol. The third kappa shape index (κ3) is 7.18. The first-order chi connectivity index (χ1) is 20.8. The Morgan fingerprint density at radius 2 is 0.690 bits per heavy atom. The van der Waals surface area contributed by atoms with Crippen LogP contribution in [-0.4, -0.2) is 8.32 Å². The van der Waals surface area contributed by atoms with Crippen molar-refractivity contribution in [1.82, 2.24) is 0 Å². The average molecular weight is 621 g/mol. The Morgan fingerprint density at radius 1 is 0.405 bits per heavy atom. The molecule has 6 heteroatoms. The fraction of sp³-hybridized carbons (Fsp3) is 0.500. The van der Waals surface area contributed by atoms with Crippen molar-refractivity contribution in [3.63, 3.8) is 0 Å². The molecular weight excluding hydrogens is 572 g/mol. The van der Waals surface area contributed by atoms with Gasteiger partial charge in [-0.05, 0) is 0 Å². The number of hydrogen-bond acceptors (Lipinski definition) is 4. The summed E-state index contributed by atoms with van der Waals surface area (Å²) in [6.45, 7) is 0. The summed E-state index contributed by atoms with van der Waals surface area (Å²) < 4.78 is 29.4. The van der Waals surface area contributed by atoms with E-state index in [9.17, 15) is 0 Å². The minimum atomic E-state index is -4.58. The van der Waals surface area contributed by atoms with Gasteiger partial charge in [-0.15, -0.1) is 0 Å². The summed E-state index contributed by atoms with van der Waals surface area (Å²) in [4.78, 5) is 0. The number of rotatable bonds is 11. The average Bonchev–Trinajstić information content (AvgIpc) is 3.06. The van der Waals surface area contributed by atoms with Gasteiger partial charge in [0.25, 0.3) is 0 Å². The van der Waals surface area contributed by atoms with Crippen molar-refractivity contribution >= 4 is 8.32 Å². The normalized spacial score (nSPS) is 19.7. The summed E-state index contributed by atoms with van der Waals surface area (Å²) in [5.41, 5.74) is 1.92. The van der Waals surface area contributed by atoms with Crippen LogP contribution in [0, 0.1) is 0 Å². The minimum absolute atomic E-state index is 0.639. The molecule has 3 aromatic carbocycles. The van der Waals surface area contributed by atoms with Gasteiger partial charge in [0.15, 0.2) is 0 Å². The zero-order chi connectivity index (χ0) is 28.5. The van der Waals surface area contributed by atoms with E-state index in [4.69, 9.17) is 13.0 Å². The summed E-state index contributed by atoms with van der Waals surface area (Å²) in [6, 6.07) is 30.4. The molecular formula is C36H48O4SiTi. The first kappa shape index (κ1) is 30.0. The monoisotopic (exact) mass is 620 g/mol. The van der Waals surface area contributed by atoms with E-state index in [1.807, 2.05) is 91.0 Å². The van der Waals surface area contributed by atoms with Gasteiger partial charge in [0.2, 0.25) is 0 Å². The maximum absolute atomic E-state index is 8.12. The second-order valence-electron chi connectivity index (χ2n) is 12.7. The molecule has 3 aliphatic rings. The number of para-hydroxylation sites is 3. The summed E-state index contributed by atoms with van der Waals surface area (Å²) in [6.07, 6.45) is 19.7. The zero-order valence-electron chi connectivity index (χ0n) is 25.1. The van der Waals surface area contributed by atoms with Crippen LogP contribution in [0.15, 0.2) is 91.0 Å². The second kappa shape index (κ2) is 14.6. The molecule has 3 aromatic rings. The van der Waals surface area contributed by atoms with Gasteiger partial charge < -0.3 is 0 Å². The quantitative estimate of drug-likeness (QED) is 0.200. The van der Waals surface area contributed by atoms with Crippen LogP contribution >= 0.6 is 0 Å². The standard InChI is InChI=1S/C18H33OSi.3C6H6O.Ti/c19-20(16-10-4-1-5-11-16,17-12-6-2-7-13-17)18-14-8-3-9-15-18;3*7-6-4-2-1-3-5-6;/h16-18H,1-15H2;3*1-5,7H;/q-1;;;;+4/p-3. The Balaban J connectivity index is 1.51. The zero-order valence-corrected chi connectivity index (χ0v) is 27.7. The van der Waals surface area contributed by atoms with Crippen LogP contribution < -0.4 is 9.96 Å². The van der Waals surface area contributed by atoms with E-state index in [0.717, 1.165) is 17.2 Å². The molecule has 3 aliphatic carbocycles. The summed E-state index contributed by atoms with van der Waals surface area (Å²) >= 11 is -4.58. The Labute approximate surface area is 259 Å². The molecule has 0 saturated heterocycles. The van der Waals surface area contributed by atoms with E-state index in [-0.39, 0.29) is 0 Å². The van der Waals surface area contributed by atoms with Gasteiger partial charge in [0.05, 0.1) is 0 Å². The maximum atomic E-state index is 8.12. The van der Waals surface area contributed by atoms with Crippen molar-refractivity contribution in [1.29, 1.82) is 0 Å². The summed E-state index contributed by atoms with van der Waals surface area (Å²) in [5, 5.41) is 0. The van der Waals surface area contributed by atoms with E-state index >= 15 is 0 Å². The molecule has 0 atom stereocenters. The Bertz CT molecular complexity index is 1050. The van der Waals surface area contributed by atoms with E-state index < -0.39 is 26.5 Å². The van der Waals surface area contributed by atoms with Gasteiger partial charge in [0.1, 0.15) is 0 Å². The molecule has 6 rings (SSSR count). The SMILES string of the molecule is c1ccc([O][Ti]([O]c2ccccc2)([O]c2ccccc2)[O][Si](C2CCCCC2)(C2CCCCC2)C2CCCCC2)cc1. The van der Waals surface area contributed by atoms with Crippen LogP contribution in [-0.2, 0) is 21.1 Å². The number of hydrogen-bond donors (Lipinski definition) is 0. The Hall–Kier alpha value is -2.05. The molecule has 0 aromatic heterocycles. The fourth-order valence-corrected chi connectivity index (χ4v) is 22.3. The van der Waals surface area contributed by atoms with Crippen molar-refractivity contribution < 1.29 is 31.1 Å². The van der Waals surface area contributed by atoms with E-state index in [2.05, 4.69) is 0 Å². The fourth-order valence-electron chi connectivity index (χ4n) is 8.15. The molecule has 0 bridgehead atoms. The predicted octanol–water partition coefficient (Wildman–Crippen LogP) is 11.0. The van der Waals surface area contributed by atoms with Crippen molar-refractivity contribution in [2.45, 2.75) is 113 Å². The molecule has 0 aliphatic heterocycles. The molecule has 42 heavy (non-hydrogen) atoms.